The molecule has 0 aliphatic carbocycles. The molecule has 8 nitrogen and oxygen atoms in total. The van der Waals surface area contributed by atoms with Crippen LogP contribution in [0.3, 0.4) is 0 Å². The number of aromatic hydroxyl groups is 1. The molecule has 0 aromatic heterocycles. The molecule has 8 heteroatoms. The molecule has 1 aliphatic rings. The molecule has 21 heavy (non-hydrogen) atoms. The van der Waals surface area contributed by atoms with Gasteiger partial charge in [-0.3, -0.25) is 0 Å². The Balaban J connectivity index is 2.48. The van der Waals surface area contributed by atoms with E-state index in [1.165, 1.54) is 18.2 Å². The fourth-order valence-electron chi connectivity index (χ4n) is 2.38. The summed E-state index contributed by atoms with van der Waals surface area (Å²) in [7, 11) is 0. The van der Waals surface area contributed by atoms with Crippen LogP contribution in [-0.4, -0.2) is 67.6 Å². The van der Waals surface area contributed by atoms with Gasteiger partial charge in [-0.05, 0) is 12.1 Å². The number of aliphatic hydroxyl groups excluding tert-OH is 4. The molecule has 1 aromatic rings. The van der Waals surface area contributed by atoms with Gasteiger partial charge < -0.3 is 35.4 Å². The van der Waals surface area contributed by atoms with E-state index in [1.807, 2.05) is 0 Å². The lowest BCUT2D eigenvalue weighted by Crippen LogP contribution is -2.55. The molecule has 0 spiro atoms. The van der Waals surface area contributed by atoms with Gasteiger partial charge in [-0.1, -0.05) is 6.07 Å². The molecule has 1 fully saturated rings. The zero-order chi connectivity index (χ0) is 15.7. The van der Waals surface area contributed by atoms with Gasteiger partial charge in [-0.25, -0.2) is 4.79 Å². The second-order valence-electron chi connectivity index (χ2n) is 4.79. The van der Waals surface area contributed by atoms with Gasteiger partial charge in [-0.2, -0.15) is 0 Å². The van der Waals surface area contributed by atoms with E-state index in [1.54, 1.807) is 0 Å². The summed E-state index contributed by atoms with van der Waals surface area (Å²) >= 11 is 0. The normalized spacial score (nSPS) is 32.9. The van der Waals surface area contributed by atoms with Crippen LogP contribution in [0.25, 0.3) is 0 Å². The van der Waals surface area contributed by atoms with Crippen LogP contribution in [0.1, 0.15) is 22.0 Å². The van der Waals surface area contributed by atoms with Gasteiger partial charge in [0, 0.05) is 5.56 Å². The number of carboxylic acids is 1. The first-order valence-corrected chi connectivity index (χ1v) is 6.24. The molecule has 0 amide bonds. The number of carbonyl (C=O) groups is 1. The smallest absolute Gasteiger partial charge is 0.336 e. The fourth-order valence-corrected chi connectivity index (χ4v) is 2.38. The number of rotatable bonds is 3. The lowest BCUT2D eigenvalue weighted by atomic mass is 9.88. The molecule has 2 rings (SSSR count). The van der Waals surface area contributed by atoms with Crippen molar-refractivity contribution in [2.45, 2.75) is 30.5 Å². The molecule has 1 aliphatic heterocycles. The van der Waals surface area contributed by atoms with Gasteiger partial charge in [0.25, 0.3) is 0 Å². The fraction of sp³-hybridized carbons (Fsp3) is 0.462. The Morgan fingerprint density at radius 2 is 1.81 bits per heavy atom. The highest BCUT2D eigenvalue weighted by Gasteiger charge is 2.45. The average molecular weight is 300 g/mol. The van der Waals surface area contributed by atoms with Crippen molar-refractivity contribution in [3.05, 3.63) is 29.3 Å². The Bertz CT molecular complexity index is 529. The number of carboxylic acid groups (broad SMARTS) is 1. The molecule has 116 valence electrons. The van der Waals surface area contributed by atoms with E-state index < -0.39 is 48.8 Å². The predicted molar refractivity (Wildman–Crippen MR) is 67.8 cm³/mol. The molecule has 1 heterocycles. The number of phenolic OH excluding ortho intramolecular Hbond substituents is 1. The highest BCUT2D eigenvalue weighted by molar-refractivity contribution is 5.90. The van der Waals surface area contributed by atoms with Crippen molar-refractivity contribution in [2.24, 2.45) is 0 Å². The van der Waals surface area contributed by atoms with Crippen LogP contribution in [0.15, 0.2) is 18.2 Å². The number of hydrogen-bond acceptors (Lipinski definition) is 7. The van der Waals surface area contributed by atoms with E-state index in [2.05, 4.69) is 0 Å². The van der Waals surface area contributed by atoms with Crippen molar-refractivity contribution in [3.63, 3.8) is 0 Å². The molecular formula is C13H16O8. The highest BCUT2D eigenvalue weighted by Crippen LogP contribution is 2.38. The summed E-state index contributed by atoms with van der Waals surface area (Å²) in [6.45, 7) is -0.641. The minimum Gasteiger partial charge on any atom is -0.508 e. The summed E-state index contributed by atoms with van der Waals surface area (Å²) in [5.74, 6) is -1.78. The SMILES string of the molecule is O=C(O)c1cccc(O)c1[C@@H]1O[C@H](CO)[C@@H](O)[C@H](O)[C@H]1O. The number of aliphatic hydroxyl groups is 4. The highest BCUT2D eigenvalue weighted by atomic mass is 16.5. The lowest BCUT2D eigenvalue weighted by molar-refractivity contribution is -0.232. The average Bonchev–Trinajstić information content (AvgIpc) is 2.45. The first-order chi connectivity index (χ1) is 9.88. The van der Waals surface area contributed by atoms with Crippen LogP contribution in [0, 0.1) is 0 Å². The third-order valence-electron chi connectivity index (χ3n) is 3.49. The molecule has 0 saturated carbocycles. The first kappa shape index (κ1) is 15.7. The standard InChI is InChI=1S/C13H16O8/c14-4-7-9(16)10(17)11(18)12(21-7)8-5(13(19)20)2-1-3-6(8)15/h1-3,7,9-12,14-18H,4H2,(H,19,20)/t7-,9-,10+,11-,12+/m1/s1. The Labute approximate surface area is 119 Å². The Morgan fingerprint density at radius 1 is 1.14 bits per heavy atom. The van der Waals surface area contributed by atoms with Crippen molar-refractivity contribution in [1.29, 1.82) is 0 Å². The zero-order valence-corrected chi connectivity index (χ0v) is 10.8. The van der Waals surface area contributed by atoms with Crippen molar-refractivity contribution >= 4 is 5.97 Å². The van der Waals surface area contributed by atoms with Crippen molar-refractivity contribution in [1.82, 2.24) is 0 Å². The van der Waals surface area contributed by atoms with E-state index in [0.717, 1.165) is 0 Å². The summed E-state index contributed by atoms with van der Waals surface area (Å²) in [5, 5.41) is 57.5. The minimum absolute atomic E-state index is 0.220. The summed E-state index contributed by atoms with van der Waals surface area (Å²) in [5.41, 5.74) is -0.527. The van der Waals surface area contributed by atoms with Crippen LogP contribution in [0.5, 0.6) is 5.75 Å². The summed E-state index contributed by atoms with van der Waals surface area (Å²) < 4.78 is 5.25. The Kier molecular flexibility index (Phi) is 4.45. The summed E-state index contributed by atoms with van der Waals surface area (Å²) in [6, 6.07) is 3.73. The minimum atomic E-state index is -1.66. The maximum Gasteiger partial charge on any atom is 0.336 e. The first-order valence-electron chi connectivity index (χ1n) is 6.24. The molecule has 5 atom stereocenters. The van der Waals surface area contributed by atoms with Crippen LogP contribution in [-0.2, 0) is 4.74 Å². The van der Waals surface area contributed by atoms with Crippen LogP contribution in [0.2, 0.25) is 0 Å². The van der Waals surface area contributed by atoms with E-state index in [-0.39, 0.29) is 11.1 Å². The molecule has 0 radical (unpaired) electrons. The predicted octanol–water partition coefficient (Wildman–Crippen LogP) is -1.39. The molecule has 1 aromatic carbocycles. The molecule has 0 unspecified atom stereocenters. The second-order valence-corrected chi connectivity index (χ2v) is 4.79. The maximum absolute atomic E-state index is 11.2. The molecular weight excluding hydrogens is 284 g/mol. The van der Waals surface area contributed by atoms with Gasteiger partial charge in [0.05, 0.1) is 12.2 Å². The maximum atomic E-state index is 11.2. The molecule has 0 bridgehead atoms. The number of ether oxygens (including phenoxy) is 1. The van der Waals surface area contributed by atoms with E-state index in [4.69, 9.17) is 14.9 Å². The number of aromatic carboxylic acids is 1. The van der Waals surface area contributed by atoms with Gasteiger partial charge in [0.15, 0.2) is 0 Å². The van der Waals surface area contributed by atoms with Crippen molar-refractivity contribution < 1.29 is 40.2 Å². The largest absolute Gasteiger partial charge is 0.508 e. The van der Waals surface area contributed by atoms with Gasteiger partial charge in [-0.15, -0.1) is 0 Å². The zero-order valence-electron chi connectivity index (χ0n) is 10.8. The quantitative estimate of drug-likeness (QED) is 0.399. The van der Waals surface area contributed by atoms with Crippen molar-refractivity contribution in [2.75, 3.05) is 6.61 Å². The number of phenols is 1. The van der Waals surface area contributed by atoms with Gasteiger partial charge in [0.1, 0.15) is 36.3 Å². The lowest BCUT2D eigenvalue weighted by Gasteiger charge is -2.40. The van der Waals surface area contributed by atoms with E-state index in [0.29, 0.717) is 0 Å². The van der Waals surface area contributed by atoms with Crippen LogP contribution in [0.4, 0.5) is 0 Å². The van der Waals surface area contributed by atoms with Crippen LogP contribution < -0.4 is 0 Å². The van der Waals surface area contributed by atoms with E-state index >= 15 is 0 Å². The monoisotopic (exact) mass is 300 g/mol. The van der Waals surface area contributed by atoms with Crippen molar-refractivity contribution in [3.8, 4) is 5.75 Å². The topological polar surface area (TPSA) is 148 Å². The van der Waals surface area contributed by atoms with Gasteiger partial charge in [0.2, 0.25) is 0 Å². The second kappa shape index (κ2) is 5.96. The Hall–Kier alpha value is -1.71. The Morgan fingerprint density at radius 3 is 2.38 bits per heavy atom. The third kappa shape index (κ3) is 2.71. The molecule has 6 N–H and O–H groups in total. The van der Waals surface area contributed by atoms with Crippen LogP contribution >= 0.6 is 0 Å². The molecule has 1 saturated heterocycles. The third-order valence-corrected chi connectivity index (χ3v) is 3.49. The number of hydrogen-bond donors (Lipinski definition) is 6. The van der Waals surface area contributed by atoms with E-state index in [9.17, 15) is 25.2 Å². The number of benzene rings is 1. The summed E-state index contributed by atoms with van der Waals surface area (Å²) in [6.07, 6.45) is -7.45. The summed E-state index contributed by atoms with van der Waals surface area (Å²) in [4.78, 5) is 11.2. The van der Waals surface area contributed by atoms with Gasteiger partial charge >= 0.3 is 5.97 Å².